The summed E-state index contributed by atoms with van der Waals surface area (Å²) in [6.45, 7) is 8.40. The van der Waals surface area contributed by atoms with Crippen molar-refractivity contribution in [3.63, 3.8) is 0 Å². The number of hydrogen-bond acceptors (Lipinski definition) is 7. The number of amides is 1. The van der Waals surface area contributed by atoms with Crippen LogP contribution in [0.5, 0.6) is 17.2 Å². The van der Waals surface area contributed by atoms with Crippen molar-refractivity contribution in [1.82, 2.24) is 9.66 Å². The molecule has 0 radical (unpaired) electrons. The first-order valence-corrected chi connectivity index (χ1v) is 12.7. The van der Waals surface area contributed by atoms with E-state index in [0.717, 1.165) is 22.4 Å². The summed E-state index contributed by atoms with van der Waals surface area (Å²) in [7, 11) is 1.49. The van der Waals surface area contributed by atoms with Gasteiger partial charge in [0.05, 0.1) is 30.8 Å². The number of ether oxygens (including phenoxy) is 3. The lowest BCUT2D eigenvalue weighted by Gasteiger charge is -2.18. The van der Waals surface area contributed by atoms with Gasteiger partial charge in [-0.25, -0.2) is 4.98 Å². The molecule has 0 bridgehead atoms. The first-order chi connectivity index (χ1) is 18.7. The van der Waals surface area contributed by atoms with Crippen molar-refractivity contribution in [2.75, 3.05) is 20.3 Å². The van der Waals surface area contributed by atoms with Crippen LogP contribution in [0, 0.1) is 6.92 Å². The second-order valence-electron chi connectivity index (χ2n) is 9.27. The average Bonchev–Trinajstić information content (AvgIpc) is 2.91. The van der Waals surface area contributed by atoms with E-state index >= 15 is 0 Å². The van der Waals surface area contributed by atoms with Gasteiger partial charge in [-0.15, -0.1) is 0 Å². The highest BCUT2D eigenvalue weighted by molar-refractivity contribution is 5.83. The second-order valence-corrected chi connectivity index (χ2v) is 9.27. The Morgan fingerprint density at radius 3 is 2.54 bits per heavy atom. The maximum atomic E-state index is 13.7. The predicted molar refractivity (Wildman–Crippen MR) is 152 cm³/mol. The van der Waals surface area contributed by atoms with Gasteiger partial charge >= 0.3 is 0 Å². The third-order valence-electron chi connectivity index (χ3n) is 6.15. The second kappa shape index (κ2) is 11.8. The van der Waals surface area contributed by atoms with Gasteiger partial charge in [0.15, 0.2) is 23.9 Å². The quantitative estimate of drug-likeness (QED) is 0.300. The number of hydrogen-bond donors (Lipinski definition) is 1. The Labute approximate surface area is 226 Å². The molecule has 1 amide bonds. The molecule has 39 heavy (non-hydrogen) atoms. The Morgan fingerprint density at radius 1 is 1.08 bits per heavy atom. The standard InChI is InChI=1S/C30H32N4O5/c1-6-38-26-13-19(4)23(15-22(26)18(2)3)29-33-24-10-8-7-9-21(24)30(36)34(29)32-16-20-11-12-25(27(14-20)37-5)39-17-28(31)35/h7-16,18H,6,17H2,1-5H3,(H2,31,35). The fourth-order valence-electron chi connectivity index (χ4n) is 4.23. The number of benzene rings is 3. The number of nitrogens with zero attached hydrogens (tertiary/aromatic N) is 3. The number of primary amides is 1. The molecule has 0 saturated carbocycles. The van der Waals surface area contributed by atoms with E-state index in [4.69, 9.17) is 24.9 Å². The molecule has 9 nitrogen and oxygen atoms in total. The van der Waals surface area contributed by atoms with E-state index in [9.17, 15) is 9.59 Å². The number of aromatic nitrogens is 2. The van der Waals surface area contributed by atoms with Gasteiger partial charge in [0.25, 0.3) is 11.5 Å². The Bertz CT molecular complexity index is 1610. The third-order valence-corrected chi connectivity index (χ3v) is 6.15. The molecule has 0 saturated heterocycles. The zero-order chi connectivity index (χ0) is 28.1. The SMILES string of the molecule is CCOc1cc(C)c(-c2nc3ccccc3c(=O)n2N=Cc2ccc(OCC(N)=O)c(OC)c2)cc1C(C)C. The summed E-state index contributed by atoms with van der Waals surface area (Å²) < 4.78 is 18.0. The first kappa shape index (κ1) is 27.4. The molecule has 0 aliphatic heterocycles. The van der Waals surface area contributed by atoms with Gasteiger partial charge < -0.3 is 19.9 Å². The van der Waals surface area contributed by atoms with E-state index in [-0.39, 0.29) is 18.1 Å². The van der Waals surface area contributed by atoms with Crippen LogP contribution in [0.4, 0.5) is 0 Å². The number of carbonyl (C=O) groups excluding carboxylic acids is 1. The van der Waals surface area contributed by atoms with E-state index in [1.807, 2.05) is 38.1 Å². The number of para-hydroxylation sites is 1. The summed E-state index contributed by atoms with van der Waals surface area (Å²) in [6, 6.07) is 16.3. The molecule has 0 fully saturated rings. The van der Waals surface area contributed by atoms with Gasteiger partial charge in [0, 0.05) is 5.56 Å². The molecule has 0 aliphatic rings. The van der Waals surface area contributed by atoms with Crippen LogP contribution in [-0.2, 0) is 4.79 Å². The molecule has 2 N–H and O–H groups in total. The van der Waals surface area contributed by atoms with E-state index in [1.54, 1.807) is 36.5 Å². The van der Waals surface area contributed by atoms with Crippen molar-refractivity contribution in [2.45, 2.75) is 33.6 Å². The van der Waals surface area contributed by atoms with Crippen molar-refractivity contribution < 1.29 is 19.0 Å². The highest BCUT2D eigenvalue weighted by Crippen LogP contribution is 2.34. The Balaban J connectivity index is 1.87. The van der Waals surface area contributed by atoms with Gasteiger partial charge in [0.1, 0.15) is 5.75 Å². The summed E-state index contributed by atoms with van der Waals surface area (Å²) in [5.74, 6) is 1.60. The van der Waals surface area contributed by atoms with E-state index in [1.165, 1.54) is 11.8 Å². The summed E-state index contributed by atoms with van der Waals surface area (Å²) >= 11 is 0. The van der Waals surface area contributed by atoms with Crippen molar-refractivity contribution in [3.8, 4) is 28.6 Å². The van der Waals surface area contributed by atoms with Gasteiger partial charge in [-0.2, -0.15) is 9.78 Å². The molecule has 1 heterocycles. The minimum Gasteiger partial charge on any atom is -0.494 e. The smallest absolute Gasteiger partial charge is 0.282 e. The van der Waals surface area contributed by atoms with Gasteiger partial charge in [0.2, 0.25) is 0 Å². The average molecular weight is 529 g/mol. The van der Waals surface area contributed by atoms with Gasteiger partial charge in [-0.05, 0) is 78.9 Å². The fraction of sp³-hybridized carbons (Fsp3) is 0.267. The van der Waals surface area contributed by atoms with Gasteiger partial charge in [-0.1, -0.05) is 26.0 Å². The van der Waals surface area contributed by atoms with E-state index in [0.29, 0.717) is 40.4 Å². The predicted octanol–water partition coefficient (Wildman–Crippen LogP) is 4.65. The fourth-order valence-corrected chi connectivity index (χ4v) is 4.23. The van der Waals surface area contributed by atoms with E-state index < -0.39 is 5.91 Å². The molecular weight excluding hydrogens is 496 g/mol. The van der Waals surface area contributed by atoms with Crippen molar-refractivity contribution >= 4 is 23.0 Å². The first-order valence-electron chi connectivity index (χ1n) is 12.7. The van der Waals surface area contributed by atoms with Crippen LogP contribution in [0.2, 0.25) is 0 Å². The number of methoxy groups -OCH3 is 1. The van der Waals surface area contributed by atoms with Gasteiger partial charge in [-0.3, -0.25) is 9.59 Å². The molecule has 1 aromatic heterocycles. The Morgan fingerprint density at radius 2 is 1.85 bits per heavy atom. The normalized spacial score (nSPS) is 11.3. The summed E-state index contributed by atoms with van der Waals surface area (Å²) in [6.07, 6.45) is 1.55. The van der Waals surface area contributed by atoms with Crippen molar-refractivity contribution in [3.05, 3.63) is 81.6 Å². The topological polar surface area (TPSA) is 118 Å². The summed E-state index contributed by atoms with van der Waals surface area (Å²) in [4.78, 5) is 29.6. The molecule has 4 rings (SSSR count). The number of rotatable bonds is 10. The molecule has 202 valence electrons. The lowest BCUT2D eigenvalue weighted by molar-refractivity contribution is -0.119. The third kappa shape index (κ3) is 5.93. The monoisotopic (exact) mass is 528 g/mol. The highest BCUT2D eigenvalue weighted by Gasteiger charge is 2.18. The maximum Gasteiger partial charge on any atom is 0.282 e. The van der Waals surface area contributed by atoms with E-state index in [2.05, 4.69) is 18.9 Å². The number of fused-ring (bicyclic) bond motifs is 1. The number of carbonyl (C=O) groups is 1. The minimum atomic E-state index is -0.594. The molecule has 0 aliphatic carbocycles. The Kier molecular flexibility index (Phi) is 8.29. The highest BCUT2D eigenvalue weighted by atomic mass is 16.5. The lowest BCUT2D eigenvalue weighted by atomic mass is 9.96. The molecule has 9 heteroatoms. The number of aryl methyl sites for hydroxylation is 1. The molecule has 4 aromatic rings. The Hall–Kier alpha value is -4.66. The molecular formula is C30H32N4O5. The number of nitrogens with two attached hydrogens (primary N) is 1. The van der Waals surface area contributed by atoms with Crippen LogP contribution < -0.4 is 25.5 Å². The largest absolute Gasteiger partial charge is 0.494 e. The van der Waals surface area contributed by atoms with Crippen LogP contribution in [0.15, 0.2) is 64.5 Å². The molecule has 0 atom stereocenters. The van der Waals surface area contributed by atoms with Crippen molar-refractivity contribution in [1.29, 1.82) is 0 Å². The zero-order valence-corrected chi connectivity index (χ0v) is 22.7. The molecule has 0 spiro atoms. The van der Waals surface area contributed by atoms with Crippen LogP contribution >= 0.6 is 0 Å². The van der Waals surface area contributed by atoms with Crippen molar-refractivity contribution in [2.24, 2.45) is 10.8 Å². The van der Waals surface area contributed by atoms with Crippen LogP contribution in [-0.4, -0.2) is 42.1 Å². The maximum absolute atomic E-state index is 13.7. The molecule has 3 aromatic carbocycles. The zero-order valence-electron chi connectivity index (χ0n) is 22.7. The molecule has 0 unspecified atom stereocenters. The summed E-state index contributed by atoms with van der Waals surface area (Å²) in [5, 5.41) is 5.03. The lowest BCUT2D eigenvalue weighted by Crippen LogP contribution is -2.21. The van der Waals surface area contributed by atoms with Crippen LogP contribution in [0.1, 0.15) is 43.4 Å². The van der Waals surface area contributed by atoms with Crippen LogP contribution in [0.25, 0.3) is 22.3 Å². The minimum absolute atomic E-state index is 0.192. The van der Waals surface area contributed by atoms with Crippen LogP contribution in [0.3, 0.4) is 0 Å². The summed E-state index contributed by atoms with van der Waals surface area (Å²) in [5.41, 5.74) is 8.83.